The third-order valence-corrected chi connectivity index (χ3v) is 6.83. The first kappa shape index (κ1) is 31.3. The maximum Gasteiger partial charge on any atom is 0.375 e. The fourth-order valence-electron chi connectivity index (χ4n) is 4.51. The van der Waals surface area contributed by atoms with E-state index in [0.29, 0.717) is 25.0 Å². The van der Waals surface area contributed by atoms with Crippen LogP contribution in [0.1, 0.15) is 151 Å². The van der Waals surface area contributed by atoms with Crippen molar-refractivity contribution in [3.63, 3.8) is 0 Å². The standard InChI is InChI=1S/C30H52O5/c1-5-9-13-17-25(18-14-10-6-2)23-34-29(31)27-21-22-33-28(27)30(32)35-24-26(19-15-11-7-3)20-16-12-8-4/h21-22,25-26H,5-20,23-24H2,1-4H3. The lowest BCUT2D eigenvalue weighted by Crippen LogP contribution is -2.18. The SMILES string of the molecule is CCCCCC(CCCCC)COC(=O)c1ccoc1C(=O)OCC(CCCCC)CCCCC. The lowest BCUT2D eigenvalue weighted by molar-refractivity contribution is 0.0349. The van der Waals surface area contributed by atoms with E-state index in [1.807, 2.05) is 0 Å². The molecule has 0 aliphatic carbocycles. The van der Waals surface area contributed by atoms with Crippen LogP contribution in [0.25, 0.3) is 0 Å². The molecule has 0 aromatic carbocycles. The molecule has 1 rings (SSSR count). The number of furan rings is 1. The molecule has 0 bridgehead atoms. The first-order valence-electron chi connectivity index (χ1n) is 14.5. The molecule has 0 aliphatic rings. The Morgan fingerprint density at radius 3 is 1.46 bits per heavy atom. The van der Waals surface area contributed by atoms with Crippen LogP contribution in [-0.2, 0) is 9.47 Å². The smallest absolute Gasteiger partial charge is 0.375 e. The van der Waals surface area contributed by atoms with Gasteiger partial charge >= 0.3 is 11.9 Å². The van der Waals surface area contributed by atoms with Crippen molar-refractivity contribution in [3.8, 4) is 0 Å². The summed E-state index contributed by atoms with van der Waals surface area (Å²) in [5.74, 6) is -0.380. The van der Waals surface area contributed by atoms with Crippen molar-refractivity contribution in [2.45, 2.75) is 130 Å². The Morgan fingerprint density at radius 2 is 1.06 bits per heavy atom. The van der Waals surface area contributed by atoms with E-state index in [-0.39, 0.29) is 11.3 Å². The first-order chi connectivity index (χ1) is 17.1. The van der Waals surface area contributed by atoms with Crippen LogP contribution in [0.4, 0.5) is 0 Å². The molecule has 35 heavy (non-hydrogen) atoms. The molecule has 5 heteroatoms. The second-order valence-corrected chi connectivity index (χ2v) is 10.1. The maximum absolute atomic E-state index is 12.8. The molecule has 1 aromatic rings. The van der Waals surface area contributed by atoms with Gasteiger partial charge in [0.2, 0.25) is 5.76 Å². The maximum atomic E-state index is 12.8. The van der Waals surface area contributed by atoms with Gasteiger partial charge in [-0.2, -0.15) is 0 Å². The molecule has 5 nitrogen and oxygen atoms in total. The lowest BCUT2D eigenvalue weighted by atomic mass is 9.96. The summed E-state index contributed by atoms with van der Waals surface area (Å²) in [6.45, 7) is 9.56. The van der Waals surface area contributed by atoms with Crippen molar-refractivity contribution < 1.29 is 23.5 Å². The van der Waals surface area contributed by atoms with E-state index in [1.165, 1.54) is 63.7 Å². The number of carbonyl (C=O) groups excluding carboxylic acids is 2. The minimum absolute atomic E-state index is 0.0376. The number of ether oxygens (including phenoxy) is 2. The van der Waals surface area contributed by atoms with Crippen LogP contribution >= 0.6 is 0 Å². The van der Waals surface area contributed by atoms with Gasteiger partial charge in [0.15, 0.2) is 0 Å². The molecule has 0 spiro atoms. The number of unbranched alkanes of at least 4 members (excludes halogenated alkanes) is 8. The van der Waals surface area contributed by atoms with Gasteiger partial charge in [-0.1, -0.05) is 105 Å². The lowest BCUT2D eigenvalue weighted by Gasteiger charge is -2.17. The zero-order chi connectivity index (χ0) is 25.7. The summed E-state index contributed by atoms with van der Waals surface area (Å²) in [6, 6.07) is 1.52. The predicted octanol–water partition coefficient (Wildman–Crippen LogP) is 9.15. The van der Waals surface area contributed by atoms with Crippen molar-refractivity contribution in [1.29, 1.82) is 0 Å². The average Bonchev–Trinajstić information content (AvgIpc) is 3.35. The minimum Gasteiger partial charge on any atom is -0.462 e. The van der Waals surface area contributed by atoms with Gasteiger partial charge in [-0.25, -0.2) is 9.59 Å². The fourth-order valence-corrected chi connectivity index (χ4v) is 4.51. The first-order valence-corrected chi connectivity index (χ1v) is 14.5. The molecule has 0 saturated heterocycles. The zero-order valence-corrected chi connectivity index (χ0v) is 23.1. The molecule has 0 saturated carbocycles. The number of esters is 2. The molecular formula is C30H52O5. The van der Waals surface area contributed by atoms with E-state index in [2.05, 4.69) is 27.7 Å². The Balaban J connectivity index is 2.64. The summed E-state index contributed by atoms with van der Waals surface area (Å²) in [5.41, 5.74) is 0.171. The zero-order valence-electron chi connectivity index (χ0n) is 23.1. The Bertz CT molecular complexity index is 591. The van der Waals surface area contributed by atoms with E-state index >= 15 is 0 Å². The summed E-state index contributed by atoms with van der Waals surface area (Å²) >= 11 is 0. The van der Waals surface area contributed by atoms with Gasteiger partial charge in [-0.05, 0) is 43.6 Å². The van der Waals surface area contributed by atoms with E-state index in [1.54, 1.807) is 0 Å². The molecule has 202 valence electrons. The van der Waals surface area contributed by atoms with Gasteiger partial charge in [-0.15, -0.1) is 0 Å². The van der Waals surface area contributed by atoms with Crippen molar-refractivity contribution in [3.05, 3.63) is 23.7 Å². The van der Waals surface area contributed by atoms with Crippen molar-refractivity contribution in [1.82, 2.24) is 0 Å². The second-order valence-electron chi connectivity index (χ2n) is 10.1. The van der Waals surface area contributed by atoms with Crippen LogP contribution in [0, 0.1) is 11.8 Å². The van der Waals surface area contributed by atoms with Crippen molar-refractivity contribution in [2.75, 3.05) is 13.2 Å². The molecule has 0 aliphatic heterocycles. The minimum atomic E-state index is -0.569. The van der Waals surface area contributed by atoms with Crippen LogP contribution in [0.3, 0.4) is 0 Å². The van der Waals surface area contributed by atoms with Crippen LogP contribution in [0.15, 0.2) is 16.7 Å². The Hall–Kier alpha value is -1.78. The summed E-state index contributed by atoms with van der Waals surface area (Å²) < 4.78 is 16.6. The topological polar surface area (TPSA) is 65.7 Å². The highest BCUT2D eigenvalue weighted by atomic mass is 16.5. The van der Waals surface area contributed by atoms with Crippen molar-refractivity contribution >= 4 is 11.9 Å². The molecule has 1 aromatic heterocycles. The van der Waals surface area contributed by atoms with Gasteiger partial charge in [-0.3, -0.25) is 0 Å². The van der Waals surface area contributed by atoms with Crippen LogP contribution in [0.5, 0.6) is 0 Å². The number of rotatable bonds is 22. The predicted molar refractivity (Wildman–Crippen MR) is 143 cm³/mol. The summed E-state index contributed by atoms with van der Waals surface area (Å²) in [6.07, 6.45) is 19.8. The highest BCUT2D eigenvalue weighted by molar-refractivity contribution is 6.01. The molecule has 0 amide bonds. The summed E-state index contributed by atoms with van der Waals surface area (Å²) in [7, 11) is 0. The monoisotopic (exact) mass is 492 g/mol. The fraction of sp³-hybridized carbons (Fsp3) is 0.800. The van der Waals surface area contributed by atoms with Gasteiger partial charge in [0.1, 0.15) is 5.56 Å². The molecule has 0 N–H and O–H groups in total. The molecule has 0 fully saturated rings. The van der Waals surface area contributed by atoms with Gasteiger partial charge < -0.3 is 13.9 Å². The van der Waals surface area contributed by atoms with Gasteiger partial charge in [0.05, 0.1) is 19.5 Å². The number of carbonyl (C=O) groups is 2. The molecular weight excluding hydrogens is 440 g/mol. The van der Waals surface area contributed by atoms with Gasteiger partial charge in [0.25, 0.3) is 0 Å². The number of hydrogen-bond donors (Lipinski definition) is 0. The van der Waals surface area contributed by atoms with E-state index < -0.39 is 11.9 Å². The molecule has 0 atom stereocenters. The second kappa shape index (κ2) is 20.4. The van der Waals surface area contributed by atoms with Crippen LogP contribution < -0.4 is 0 Å². The van der Waals surface area contributed by atoms with Crippen LogP contribution in [-0.4, -0.2) is 25.2 Å². The Morgan fingerprint density at radius 1 is 0.657 bits per heavy atom. The van der Waals surface area contributed by atoms with E-state index in [4.69, 9.17) is 13.9 Å². The highest BCUT2D eigenvalue weighted by Crippen LogP contribution is 2.22. The quantitative estimate of drug-likeness (QED) is 0.119. The third kappa shape index (κ3) is 13.8. The largest absolute Gasteiger partial charge is 0.462 e. The normalized spacial score (nSPS) is 11.4. The summed E-state index contributed by atoms with van der Waals surface area (Å²) in [4.78, 5) is 25.6. The number of hydrogen-bond acceptors (Lipinski definition) is 5. The Kier molecular flexibility index (Phi) is 18.2. The molecule has 1 heterocycles. The highest BCUT2D eigenvalue weighted by Gasteiger charge is 2.25. The van der Waals surface area contributed by atoms with E-state index in [9.17, 15) is 9.59 Å². The van der Waals surface area contributed by atoms with Gasteiger partial charge in [0, 0.05) is 0 Å². The van der Waals surface area contributed by atoms with Crippen LogP contribution in [0.2, 0.25) is 0 Å². The average molecular weight is 493 g/mol. The summed E-state index contributed by atoms with van der Waals surface area (Å²) in [5, 5.41) is 0. The van der Waals surface area contributed by atoms with E-state index in [0.717, 1.165) is 51.4 Å². The Labute approximate surface area is 214 Å². The molecule has 0 unspecified atom stereocenters. The molecule has 0 radical (unpaired) electrons. The third-order valence-electron chi connectivity index (χ3n) is 6.83. The van der Waals surface area contributed by atoms with Crippen molar-refractivity contribution in [2.24, 2.45) is 11.8 Å².